The molecule has 0 aliphatic heterocycles. The SMILES string of the molecule is CCCC(CC=O)NC(=O)c1ccccc1. The van der Waals surface area contributed by atoms with Crippen LogP contribution >= 0.6 is 0 Å². The molecule has 16 heavy (non-hydrogen) atoms. The lowest BCUT2D eigenvalue weighted by atomic mass is 10.1. The second-order valence-corrected chi connectivity index (χ2v) is 3.73. The third-order valence-corrected chi connectivity index (χ3v) is 2.39. The van der Waals surface area contributed by atoms with Crippen molar-refractivity contribution < 1.29 is 9.59 Å². The molecule has 1 aromatic carbocycles. The molecule has 0 bridgehead atoms. The molecule has 1 amide bonds. The van der Waals surface area contributed by atoms with Crippen LogP contribution in [0.15, 0.2) is 30.3 Å². The van der Waals surface area contributed by atoms with Crippen LogP contribution in [-0.4, -0.2) is 18.2 Å². The van der Waals surface area contributed by atoms with E-state index in [-0.39, 0.29) is 11.9 Å². The molecule has 0 spiro atoms. The molecule has 1 aromatic rings. The molecule has 0 aliphatic carbocycles. The molecule has 0 radical (unpaired) electrons. The molecule has 3 nitrogen and oxygen atoms in total. The van der Waals surface area contributed by atoms with Crippen LogP contribution in [0.4, 0.5) is 0 Å². The number of hydrogen-bond acceptors (Lipinski definition) is 2. The Hall–Kier alpha value is -1.64. The van der Waals surface area contributed by atoms with Gasteiger partial charge in [0.25, 0.3) is 5.91 Å². The summed E-state index contributed by atoms with van der Waals surface area (Å²) in [5.41, 5.74) is 0.634. The molecule has 1 N–H and O–H groups in total. The summed E-state index contributed by atoms with van der Waals surface area (Å²) in [7, 11) is 0. The van der Waals surface area contributed by atoms with Crippen LogP contribution in [0.25, 0.3) is 0 Å². The van der Waals surface area contributed by atoms with E-state index in [4.69, 9.17) is 0 Å². The largest absolute Gasteiger partial charge is 0.349 e. The Morgan fingerprint density at radius 3 is 2.62 bits per heavy atom. The van der Waals surface area contributed by atoms with Crippen molar-refractivity contribution >= 4 is 12.2 Å². The lowest BCUT2D eigenvalue weighted by Gasteiger charge is -2.15. The second kappa shape index (κ2) is 6.77. The van der Waals surface area contributed by atoms with Gasteiger partial charge in [-0.3, -0.25) is 4.79 Å². The van der Waals surface area contributed by atoms with Crippen LogP contribution in [0.1, 0.15) is 36.5 Å². The number of carbonyl (C=O) groups excluding carboxylic acids is 2. The number of carbonyl (C=O) groups is 2. The summed E-state index contributed by atoms with van der Waals surface area (Å²) in [4.78, 5) is 22.2. The van der Waals surface area contributed by atoms with E-state index in [1.807, 2.05) is 25.1 Å². The first kappa shape index (κ1) is 12.4. The minimum atomic E-state index is -0.110. The van der Waals surface area contributed by atoms with Gasteiger partial charge in [0.15, 0.2) is 0 Å². The zero-order chi connectivity index (χ0) is 11.8. The lowest BCUT2D eigenvalue weighted by Crippen LogP contribution is -2.35. The van der Waals surface area contributed by atoms with Gasteiger partial charge in [0.2, 0.25) is 0 Å². The first-order valence-electron chi connectivity index (χ1n) is 5.57. The topological polar surface area (TPSA) is 46.2 Å². The Morgan fingerprint density at radius 2 is 2.06 bits per heavy atom. The average Bonchev–Trinajstić information content (AvgIpc) is 2.31. The average molecular weight is 219 g/mol. The number of aldehydes is 1. The van der Waals surface area contributed by atoms with Gasteiger partial charge >= 0.3 is 0 Å². The smallest absolute Gasteiger partial charge is 0.251 e. The van der Waals surface area contributed by atoms with Gasteiger partial charge < -0.3 is 10.1 Å². The molecule has 3 heteroatoms. The van der Waals surface area contributed by atoms with Crippen LogP contribution < -0.4 is 5.32 Å². The van der Waals surface area contributed by atoms with Crippen LogP contribution in [0.3, 0.4) is 0 Å². The number of amides is 1. The van der Waals surface area contributed by atoms with Gasteiger partial charge in [0, 0.05) is 18.0 Å². The zero-order valence-electron chi connectivity index (χ0n) is 9.48. The highest BCUT2D eigenvalue weighted by Gasteiger charge is 2.11. The molecule has 0 fully saturated rings. The van der Waals surface area contributed by atoms with Crippen molar-refractivity contribution in [1.29, 1.82) is 0 Å². The lowest BCUT2D eigenvalue weighted by molar-refractivity contribution is -0.108. The highest BCUT2D eigenvalue weighted by atomic mass is 16.1. The quantitative estimate of drug-likeness (QED) is 0.745. The van der Waals surface area contributed by atoms with Crippen molar-refractivity contribution in [2.24, 2.45) is 0 Å². The normalized spacial score (nSPS) is 11.8. The van der Waals surface area contributed by atoms with E-state index in [2.05, 4.69) is 5.32 Å². The van der Waals surface area contributed by atoms with Crippen LogP contribution in [0, 0.1) is 0 Å². The second-order valence-electron chi connectivity index (χ2n) is 3.73. The summed E-state index contributed by atoms with van der Waals surface area (Å²) in [6.45, 7) is 2.03. The molecule has 1 unspecified atom stereocenters. The molecule has 0 aromatic heterocycles. The monoisotopic (exact) mass is 219 g/mol. The van der Waals surface area contributed by atoms with Gasteiger partial charge in [0.1, 0.15) is 6.29 Å². The Labute approximate surface area is 95.9 Å². The van der Waals surface area contributed by atoms with Gasteiger partial charge in [-0.15, -0.1) is 0 Å². The zero-order valence-corrected chi connectivity index (χ0v) is 9.48. The third kappa shape index (κ3) is 3.85. The van der Waals surface area contributed by atoms with E-state index in [1.54, 1.807) is 12.1 Å². The predicted molar refractivity (Wildman–Crippen MR) is 63.3 cm³/mol. The van der Waals surface area contributed by atoms with Crippen molar-refractivity contribution in [2.45, 2.75) is 32.2 Å². The maximum Gasteiger partial charge on any atom is 0.251 e. The summed E-state index contributed by atoms with van der Waals surface area (Å²) < 4.78 is 0. The molecule has 0 saturated heterocycles. The van der Waals surface area contributed by atoms with Crippen LogP contribution in [0.5, 0.6) is 0 Å². The minimum Gasteiger partial charge on any atom is -0.349 e. The van der Waals surface area contributed by atoms with Gasteiger partial charge in [-0.1, -0.05) is 31.5 Å². The van der Waals surface area contributed by atoms with Gasteiger partial charge in [-0.2, -0.15) is 0 Å². The van der Waals surface area contributed by atoms with E-state index in [9.17, 15) is 9.59 Å². The number of rotatable bonds is 6. The molecular weight excluding hydrogens is 202 g/mol. The highest BCUT2D eigenvalue weighted by Crippen LogP contribution is 2.03. The Kier molecular flexibility index (Phi) is 5.26. The van der Waals surface area contributed by atoms with Crippen molar-refractivity contribution in [3.05, 3.63) is 35.9 Å². The standard InChI is InChI=1S/C13H17NO2/c1-2-6-12(9-10-15)14-13(16)11-7-4-3-5-8-11/h3-5,7-8,10,12H,2,6,9H2,1H3,(H,14,16). The first-order chi connectivity index (χ1) is 7.77. The van der Waals surface area contributed by atoms with Gasteiger partial charge in [-0.25, -0.2) is 0 Å². The van der Waals surface area contributed by atoms with Crippen LogP contribution in [0.2, 0.25) is 0 Å². The molecule has 0 saturated carbocycles. The molecule has 1 rings (SSSR count). The third-order valence-electron chi connectivity index (χ3n) is 2.39. The number of benzene rings is 1. The van der Waals surface area contributed by atoms with Crippen LogP contribution in [-0.2, 0) is 4.79 Å². The molecular formula is C13H17NO2. The summed E-state index contributed by atoms with van der Waals surface area (Å²) in [6.07, 6.45) is 3.02. The fourth-order valence-corrected chi connectivity index (χ4v) is 1.57. The molecule has 0 heterocycles. The van der Waals surface area contributed by atoms with Crippen molar-refractivity contribution in [3.8, 4) is 0 Å². The molecule has 1 atom stereocenters. The van der Waals surface area contributed by atoms with Crippen molar-refractivity contribution in [2.75, 3.05) is 0 Å². The Morgan fingerprint density at radius 1 is 1.38 bits per heavy atom. The summed E-state index contributed by atoms with van der Waals surface area (Å²) in [6, 6.07) is 8.99. The Bertz CT molecular complexity index is 335. The maximum absolute atomic E-state index is 11.8. The number of hydrogen-bond donors (Lipinski definition) is 1. The van der Waals surface area contributed by atoms with Crippen molar-refractivity contribution in [1.82, 2.24) is 5.32 Å². The number of nitrogens with one attached hydrogen (secondary N) is 1. The van der Waals surface area contributed by atoms with E-state index in [0.717, 1.165) is 19.1 Å². The first-order valence-corrected chi connectivity index (χ1v) is 5.57. The predicted octanol–water partition coefficient (Wildman–Crippen LogP) is 2.17. The summed E-state index contributed by atoms with van der Waals surface area (Å²) >= 11 is 0. The van der Waals surface area contributed by atoms with E-state index < -0.39 is 0 Å². The van der Waals surface area contributed by atoms with Gasteiger partial charge in [-0.05, 0) is 18.6 Å². The molecule has 0 aliphatic rings. The van der Waals surface area contributed by atoms with Crippen molar-refractivity contribution in [3.63, 3.8) is 0 Å². The van der Waals surface area contributed by atoms with E-state index in [1.165, 1.54) is 0 Å². The van der Waals surface area contributed by atoms with E-state index >= 15 is 0 Å². The Balaban J connectivity index is 2.57. The minimum absolute atomic E-state index is 0.0461. The summed E-state index contributed by atoms with van der Waals surface area (Å²) in [5, 5.41) is 2.86. The maximum atomic E-state index is 11.8. The fourth-order valence-electron chi connectivity index (χ4n) is 1.57. The fraction of sp³-hybridized carbons (Fsp3) is 0.385. The van der Waals surface area contributed by atoms with Gasteiger partial charge in [0.05, 0.1) is 0 Å². The summed E-state index contributed by atoms with van der Waals surface area (Å²) in [5.74, 6) is -0.110. The highest BCUT2D eigenvalue weighted by molar-refractivity contribution is 5.94. The molecule has 86 valence electrons. The van der Waals surface area contributed by atoms with E-state index in [0.29, 0.717) is 12.0 Å².